The van der Waals surface area contributed by atoms with Gasteiger partial charge in [0, 0.05) is 6.04 Å². The zero-order valence-corrected chi connectivity index (χ0v) is 11.6. The van der Waals surface area contributed by atoms with E-state index in [0.717, 1.165) is 24.3 Å². The second-order valence-electron chi connectivity index (χ2n) is 4.07. The molecular formula is C11H19ClN2OS. The molecule has 0 radical (unpaired) electrons. The second kappa shape index (κ2) is 6.52. The third kappa shape index (κ3) is 3.40. The van der Waals surface area contributed by atoms with Crippen molar-refractivity contribution in [3.8, 4) is 0 Å². The van der Waals surface area contributed by atoms with Crippen LogP contribution >= 0.6 is 23.4 Å². The Morgan fingerprint density at radius 1 is 1.56 bits per heavy atom. The molecule has 0 amide bonds. The molecule has 0 saturated carbocycles. The summed E-state index contributed by atoms with van der Waals surface area (Å²) in [6.07, 6.45) is 4.89. The summed E-state index contributed by atoms with van der Waals surface area (Å²) < 4.78 is 1.80. The fourth-order valence-corrected chi connectivity index (χ4v) is 2.34. The highest BCUT2D eigenvalue weighted by atomic mass is 35.5. The summed E-state index contributed by atoms with van der Waals surface area (Å²) in [5.74, 6) is 1.06. The Kier molecular flexibility index (Phi) is 5.66. The van der Waals surface area contributed by atoms with E-state index in [1.807, 2.05) is 13.8 Å². The van der Waals surface area contributed by atoms with Gasteiger partial charge in [0.15, 0.2) is 0 Å². The lowest BCUT2D eigenvalue weighted by atomic mass is 10.1. The van der Waals surface area contributed by atoms with Gasteiger partial charge < -0.3 is 5.11 Å². The highest BCUT2D eigenvalue weighted by Crippen LogP contribution is 2.28. The summed E-state index contributed by atoms with van der Waals surface area (Å²) in [6.45, 7) is 4.06. The summed E-state index contributed by atoms with van der Waals surface area (Å²) in [7, 11) is 0. The number of rotatable bonds is 6. The molecule has 0 aliphatic carbocycles. The second-order valence-corrected chi connectivity index (χ2v) is 5.46. The first kappa shape index (κ1) is 13.9. The van der Waals surface area contributed by atoms with Crippen LogP contribution < -0.4 is 0 Å². The zero-order valence-electron chi connectivity index (χ0n) is 9.98. The summed E-state index contributed by atoms with van der Waals surface area (Å²) in [5.41, 5.74) is 0.748. The van der Waals surface area contributed by atoms with Gasteiger partial charge in [-0.2, -0.15) is 16.9 Å². The van der Waals surface area contributed by atoms with Crippen LogP contribution in [0.2, 0.25) is 5.02 Å². The van der Waals surface area contributed by atoms with Crippen LogP contribution in [0.1, 0.15) is 44.5 Å². The molecule has 1 unspecified atom stereocenters. The molecule has 0 fully saturated rings. The van der Waals surface area contributed by atoms with Gasteiger partial charge in [-0.1, -0.05) is 11.6 Å². The highest BCUT2D eigenvalue weighted by molar-refractivity contribution is 7.98. The van der Waals surface area contributed by atoms with Crippen LogP contribution in [-0.4, -0.2) is 26.9 Å². The Morgan fingerprint density at radius 3 is 2.81 bits per heavy atom. The Balaban J connectivity index is 2.73. The van der Waals surface area contributed by atoms with Gasteiger partial charge in [0.1, 0.15) is 0 Å². The van der Waals surface area contributed by atoms with Crippen LogP contribution in [0.5, 0.6) is 0 Å². The van der Waals surface area contributed by atoms with Crippen molar-refractivity contribution in [2.75, 3.05) is 12.0 Å². The topological polar surface area (TPSA) is 38.1 Å². The lowest BCUT2D eigenvalue weighted by molar-refractivity contribution is 0.154. The first-order chi connectivity index (χ1) is 7.57. The van der Waals surface area contributed by atoms with Gasteiger partial charge in [0.25, 0.3) is 0 Å². The van der Waals surface area contributed by atoms with Crippen molar-refractivity contribution in [2.45, 2.75) is 38.8 Å². The molecule has 0 spiro atoms. The van der Waals surface area contributed by atoms with Crippen molar-refractivity contribution >= 4 is 23.4 Å². The van der Waals surface area contributed by atoms with E-state index in [0.29, 0.717) is 5.02 Å². The molecule has 92 valence electrons. The average molecular weight is 263 g/mol. The van der Waals surface area contributed by atoms with Gasteiger partial charge in [0.2, 0.25) is 0 Å². The fraction of sp³-hybridized carbons (Fsp3) is 0.727. The number of thioether (sulfide) groups is 1. The molecule has 5 heteroatoms. The SMILES string of the molecule is CSCCCC(O)c1c(Cl)cnn1C(C)C. The molecule has 1 rings (SSSR count). The van der Waals surface area contributed by atoms with E-state index in [2.05, 4.69) is 11.4 Å². The molecule has 0 aromatic carbocycles. The van der Waals surface area contributed by atoms with Crippen LogP contribution in [0, 0.1) is 0 Å². The molecule has 0 bridgehead atoms. The Labute approximate surface area is 106 Å². The van der Waals surface area contributed by atoms with E-state index in [1.165, 1.54) is 0 Å². The largest absolute Gasteiger partial charge is 0.387 e. The number of hydrogen-bond acceptors (Lipinski definition) is 3. The molecule has 1 atom stereocenters. The van der Waals surface area contributed by atoms with Gasteiger partial charge in [-0.3, -0.25) is 4.68 Å². The zero-order chi connectivity index (χ0) is 12.1. The maximum Gasteiger partial charge on any atom is 0.0972 e. The number of nitrogens with zero attached hydrogens (tertiary/aromatic N) is 2. The monoisotopic (exact) mass is 262 g/mol. The first-order valence-corrected chi connectivity index (χ1v) is 7.25. The van der Waals surface area contributed by atoms with Crippen LogP contribution in [0.4, 0.5) is 0 Å². The van der Waals surface area contributed by atoms with Gasteiger partial charge in [-0.25, -0.2) is 0 Å². The molecule has 0 aliphatic heterocycles. The summed E-state index contributed by atoms with van der Waals surface area (Å²) in [6, 6.07) is 0.220. The molecule has 1 N–H and O–H groups in total. The predicted molar refractivity (Wildman–Crippen MR) is 70.2 cm³/mol. The molecule has 16 heavy (non-hydrogen) atoms. The third-order valence-corrected chi connectivity index (χ3v) is 3.41. The summed E-state index contributed by atoms with van der Waals surface area (Å²) >= 11 is 7.84. The average Bonchev–Trinajstić information content (AvgIpc) is 2.60. The van der Waals surface area contributed by atoms with E-state index in [9.17, 15) is 5.11 Å². The van der Waals surface area contributed by atoms with Crippen molar-refractivity contribution < 1.29 is 5.11 Å². The van der Waals surface area contributed by atoms with Crippen molar-refractivity contribution in [1.29, 1.82) is 0 Å². The van der Waals surface area contributed by atoms with E-state index in [-0.39, 0.29) is 6.04 Å². The molecule has 1 aromatic heterocycles. The summed E-state index contributed by atoms with van der Waals surface area (Å²) in [5, 5.41) is 14.8. The van der Waals surface area contributed by atoms with Crippen LogP contribution in [0.15, 0.2) is 6.20 Å². The van der Waals surface area contributed by atoms with Crippen LogP contribution in [-0.2, 0) is 0 Å². The highest BCUT2D eigenvalue weighted by Gasteiger charge is 2.19. The number of halogens is 1. The smallest absolute Gasteiger partial charge is 0.0972 e. The minimum Gasteiger partial charge on any atom is -0.387 e. The normalized spacial score (nSPS) is 13.4. The standard InChI is InChI=1S/C11H19ClN2OS/c1-8(2)14-11(9(12)7-13-14)10(15)5-4-6-16-3/h7-8,10,15H,4-6H2,1-3H3. The van der Waals surface area contributed by atoms with Gasteiger partial charge in [-0.05, 0) is 38.7 Å². The maximum atomic E-state index is 10.1. The maximum absolute atomic E-state index is 10.1. The van der Waals surface area contributed by atoms with Crippen molar-refractivity contribution in [1.82, 2.24) is 9.78 Å². The van der Waals surface area contributed by atoms with Crippen molar-refractivity contribution in [3.63, 3.8) is 0 Å². The lowest BCUT2D eigenvalue weighted by Gasteiger charge is -2.16. The van der Waals surface area contributed by atoms with Crippen LogP contribution in [0.3, 0.4) is 0 Å². The fourth-order valence-electron chi connectivity index (χ4n) is 1.63. The van der Waals surface area contributed by atoms with E-state index in [4.69, 9.17) is 11.6 Å². The van der Waals surface area contributed by atoms with Crippen LogP contribution in [0.25, 0.3) is 0 Å². The van der Waals surface area contributed by atoms with Crippen molar-refractivity contribution in [3.05, 3.63) is 16.9 Å². The van der Waals surface area contributed by atoms with Crippen molar-refractivity contribution in [2.24, 2.45) is 0 Å². The quantitative estimate of drug-likeness (QED) is 0.800. The Morgan fingerprint density at radius 2 is 2.25 bits per heavy atom. The first-order valence-electron chi connectivity index (χ1n) is 5.47. The lowest BCUT2D eigenvalue weighted by Crippen LogP contribution is -2.12. The predicted octanol–water partition coefficient (Wildman–Crippen LogP) is 3.29. The molecule has 0 aliphatic rings. The molecule has 0 saturated heterocycles. The molecule has 1 aromatic rings. The number of aliphatic hydroxyl groups is 1. The minimum atomic E-state index is -0.510. The molecule has 3 nitrogen and oxygen atoms in total. The van der Waals surface area contributed by atoms with Gasteiger partial charge in [0.05, 0.1) is 23.0 Å². The molecular weight excluding hydrogens is 244 g/mol. The number of hydrogen-bond donors (Lipinski definition) is 1. The van der Waals surface area contributed by atoms with Gasteiger partial charge in [-0.15, -0.1) is 0 Å². The molecule has 1 heterocycles. The van der Waals surface area contributed by atoms with Gasteiger partial charge >= 0.3 is 0 Å². The Hall–Kier alpha value is -0.190. The third-order valence-electron chi connectivity index (χ3n) is 2.42. The summed E-state index contributed by atoms with van der Waals surface area (Å²) in [4.78, 5) is 0. The minimum absolute atomic E-state index is 0.220. The Bertz CT molecular complexity index is 328. The number of aliphatic hydroxyl groups excluding tert-OH is 1. The van der Waals surface area contributed by atoms with E-state index < -0.39 is 6.10 Å². The van der Waals surface area contributed by atoms with E-state index >= 15 is 0 Å². The number of aromatic nitrogens is 2. The van der Waals surface area contributed by atoms with E-state index in [1.54, 1.807) is 22.6 Å².